The molecule has 4 rings (SSSR count). The third kappa shape index (κ3) is 3.59. The fourth-order valence-electron chi connectivity index (χ4n) is 4.33. The molecular weight excluding hydrogens is 386 g/mol. The number of benzene rings is 1. The molecule has 154 valence electrons. The Morgan fingerprint density at radius 2 is 1.79 bits per heavy atom. The molecule has 1 aromatic carbocycles. The third-order valence-electron chi connectivity index (χ3n) is 5.54. The molecule has 1 fully saturated rings. The molecule has 1 aliphatic heterocycles. The van der Waals surface area contributed by atoms with E-state index in [0.29, 0.717) is 23.3 Å². The molecule has 3 aromatic rings. The highest BCUT2D eigenvalue weighted by molar-refractivity contribution is 7.20. The summed E-state index contributed by atoms with van der Waals surface area (Å²) in [4.78, 5) is 16.9. The molecule has 3 heterocycles. The van der Waals surface area contributed by atoms with Crippen LogP contribution >= 0.6 is 11.3 Å². The van der Waals surface area contributed by atoms with Gasteiger partial charge in [-0.15, -0.1) is 11.3 Å². The molecule has 1 amide bonds. The maximum Gasteiger partial charge on any atom is 0.264 e. The topological polar surface area (TPSA) is 56.6 Å². The lowest BCUT2D eigenvalue weighted by molar-refractivity contribution is 0.0628. The summed E-state index contributed by atoms with van der Waals surface area (Å²) in [6.45, 7) is 6.11. The van der Waals surface area contributed by atoms with Gasteiger partial charge in [-0.05, 0) is 42.5 Å². The zero-order chi connectivity index (χ0) is 20.7. The van der Waals surface area contributed by atoms with Crippen molar-refractivity contribution in [3.05, 3.63) is 29.1 Å². The lowest BCUT2D eigenvalue weighted by Crippen LogP contribution is -2.42. The van der Waals surface area contributed by atoms with Gasteiger partial charge in [0.05, 0.1) is 19.1 Å². The Morgan fingerprint density at radius 3 is 2.45 bits per heavy atom. The molecule has 7 heteroatoms. The van der Waals surface area contributed by atoms with Gasteiger partial charge in [-0.3, -0.25) is 9.48 Å². The average Bonchev–Trinajstić information content (AvgIpc) is 3.26. The van der Waals surface area contributed by atoms with Gasteiger partial charge in [0.25, 0.3) is 5.91 Å². The summed E-state index contributed by atoms with van der Waals surface area (Å²) in [6.07, 6.45) is 1.18. The van der Waals surface area contributed by atoms with Crippen molar-refractivity contribution in [3.8, 4) is 22.8 Å². The Labute approximate surface area is 175 Å². The number of methoxy groups -OCH3 is 2. The van der Waals surface area contributed by atoms with Gasteiger partial charge < -0.3 is 14.4 Å². The number of hydrogen-bond donors (Lipinski definition) is 0. The number of aromatic nitrogens is 2. The molecule has 29 heavy (non-hydrogen) atoms. The van der Waals surface area contributed by atoms with Crippen LogP contribution in [0.2, 0.25) is 0 Å². The van der Waals surface area contributed by atoms with E-state index in [9.17, 15) is 4.79 Å². The van der Waals surface area contributed by atoms with Gasteiger partial charge in [-0.1, -0.05) is 13.8 Å². The number of carbonyl (C=O) groups is 1. The Balaban J connectivity index is 1.72. The fourth-order valence-corrected chi connectivity index (χ4v) is 5.37. The summed E-state index contributed by atoms with van der Waals surface area (Å²) in [7, 11) is 5.16. The van der Waals surface area contributed by atoms with E-state index in [1.54, 1.807) is 14.2 Å². The quantitative estimate of drug-likeness (QED) is 0.635. The standard InChI is InChI=1S/C22H27N3O3S/c1-13-8-14(2)12-25(11-13)21(26)19-10-16-20(23-24(3)22(16)29-19)15-6-7-17(27-4)18(9-15)28-5/h6-7,9-10,13-14H,8,11-12H2,1-5H3/t13-,14-/m0/s1. The second-order valence-electron chi connectivity index (χ2n) is 8.03. The van der Waals surface area contributed by atoms with E-state index >= 15 is 0 Å². The van der Waals surface area contributed by atoms with Crippen molar-refractivity contribution in [2.24, 2.45) is 18.9 Å². The fraction of sp³-hybridized carbons (Fsp3) is 0.455. The summed E-state index contributed by atoms with van der Waals surface area (Å²) in [5.41, 5.74) is 1.78. The lowest BCUT2D eigenvalue weighted by atomic mass is 9.92. The maximum atomic E-state index is 13.2. The molecular formula is C22H27N3O3S. The van der Waals surface area contributed by atoms with E-state index < -0.39 is 0 Å². The van der Waals surface area contributed by atoms with Crippen LogP contribution in [0.1, 0.15) is 29.9 Å². The second-order valence-corrected chi connectivity index (χ2v) is 9.06. The minimum absolute atomic E-state index is 0.128. The lowest BCUT2D eigenvalue weighted by Gasteiger charge is -2.34. The summed E-state index contributed by atoms with van der Waals surface area (Å²) >= 11 is 1.51. The first-order chi connectivity index (χ1) is 13.9. The van der Waals surface area contributed by atoms with Crippen molar-refractivity contribution in [1.82, 2.24) is 14.7 Å². The zero-order valence-corrected chi connectivity index (χ0v) is 18.4. The van der Waals surface area contributed by atoms with E-state index in [0.717, 1.165) is 39.4 Å². The largest absolute Gasteiger partial charge is 0.493 e. The van der Waals surface area contributed by atoms with Crippen LogP contribution in [-0.2, 0) is 7.05 Å². The molecule has 0 bridgehead atoms. The Morgan fingerprint density at radius 1 is 1.10 bits per heavy atom. The molecule has 0 aliphatic carbocycles. The number of rotatable bonds is 4. The van der Waals surface area contributed by atoms with Gasteiger partial charge in [0, 0.05) is 31.1 Å². The summed E-state index contributed by atoms with van der Waals surface area (Å²) in [5.74, 6) is 2.55. The Bertz CT molecular complexity index is 1050. The van der Waals surface area contributed by atoms with E-state index in [1.807, 2.05) is 40.9 Å². The van der Waals surface area contributed by atoms with Crippen LogP contribution in [0.5, 0.6) is 11.5 Å². The summed E-state index contributed by atoms with van der Waals surface area (Å²) < 4.78 is 12.6. The van der Waals surface area contributed by atoms with Gasteiger partial charge in [-0.25, -0.2) is 0 Å². The van der Waals surface area contributed by atoms with E-state index in [4.69, 9.17) is 14.6 Å². The highest BCUT2D eigenvalue weighted by atomic mass is 32.1. The predicted molar refractivity (Wildman–Crippen MR) is 116 cm³/mol. The number of carbonyl (C=O) groups excluding carboxylic acids is 1. The van der Waals surface area contributed by atoms with Crippen LogP contribution in [0.15, 0.2) is 24.3 Å². The molecule has 1 aliphatic rings. The van der Waals surface area contributed by atoms with Gasteiger partial charge in [0.2, 0.25) is 0 Å². The van der Waals surface area contributed by atoms with Crippen LogP contribution in [0.25, 0.3) is 21.5 Å². The number of ether oxygens (including phenoxy) is 2. The Hall–Kier alpha value is -2.54. The first-order valence-electron chi connectivity index (χ1n) is 9.89. The van der Waals surface area contributed by atoms with E-state index in [2.05, 4.69) is 13.8 Å². The van der Waals surface area contributed by atoms with Crippen molar-refractivity contribution < 1.29 is 14.3 Å². The maximum absolute atomic E-state index is 13.2. The van der Waals surface area contributed by atoms with Crippen molar-refractivity contribution in [2.45, 2.75) is 20.3 Å². The number of thiophene rings is 1. The SMILES string of the molecule is COc1ccc(-c2nn(C)c3sc(C(=O)N4C[C@@H](C)C[C@H](C)C4)cc23)cc1OC. The van der Waals surface area contributed by atoms with Gasteiger partial charge in [0.15, 0.2) is 11.5 Å². The molecule has 2 aromatic heterocycles. The number of fused-ring (bicyclic) bond motifs is 1. The highest BCUT2D eigenvalue weighted by Crippen LogP contribution is 2.38. The van der Waals surface area contributed by atoms with Crippen LogP contribution < -0.4 is 9.47 Å². The molecule has 0 radical (unpaired) electrons. The minimum Gasteiger partial charge on any atom is -0.493 e. The monoisotopic (exact) mass is 413 g/mol. The van der Waals surface area contributed by atoms with Crippen molar-refractivity contribution in [3.63, 3.8) is 0 Å². The van der Waals surface area contributed by atoms with Crippen molar-refractivity contribution >= 4 is 27.5 Å². The minimum atomic E-state index is 0.128. The zero-order valence-electron chi connectivity index (χ0n) is 17.6. The number of aryl methyl sites for hydroxylation is 1. The van der Waals surface area contributed by atoms with E-state index in [-0.39, 0.29) is 5.91 Å². The molecule has 0 spiro atoms. The van der Waals surface area contributed by atoms with Crippen molar-refractivity contribution in [2.75, 3.05) is 27.3 Å². The normalized spacial score (nSPS) is 19.6. The number of nitrogens with zero attached hydrogens (tertiary/aromatic N) is 3. The number of hydrogen-bond acceptors (Lipinski definition) is 5. The summed E-state index contributed by atoms with van der Waals surface area (Å²) in [5, 5.41) is 5.69. The van der Waals surface area contributed by atoms with Crippen LogP contribution in [0.4, 0.5) is 0 Å². The predicted octanol–water partition coefficient (Wildman–Crippen LogP) is 4.44. The van der Waals surface area contributed by atoms with Gasteiger partial charge >= 0.3 is 0 Å². The summed E-state index contributed by atoms with van der Waals surface area (Å²) in [6, 6.07) is 7.76. The second kappa shape index (κ2) is 7.71. The molecule has 2 atom stereocenters. The molecule has 0 unspecified atom stereocenters. The first kappa shape index (κ1) is 19.8. The third-order valence-corrected chi connectivity index (χ3v) is 6.73. The molecule has 0 N–H and O–H groups in total. The van der Waals surface area contributed by atoms with Crippen molar-refractivity contribution in [1.29, 1.82) is 0 Å². The molecule has 6 nitrogen and oxygen atoms in total. The van der Waals surface area contributed by atoms with Gasteiger partial charge in [-0.2, -0.15) is 5.10 Å². The van der Waals surface area contributed by atoms with Crippen LogP contribution in [0.3, 0.4) is 0 Å². The molecule has 0 saturated carbocycles. The number of likely N-dealkylation sites (tertiary alicyclic amines) is 1. The number of amides is 1. The number of piperidine rings is 1. The van der Waals surface area contributed by atoms with Crippen LogP contribution in [0, 0.1) is 11.8 Å². The highest BCUT2D eigenvalue weighted by Gasteiger charge is 2.28. The van der Waals surface area contributed by atoms with Gasteiger partial charge in [0.1, 0.15) is 10.5 Å². The Kier molecular flexibility index (Phi) is 5.25. The average molecular weight is 414 g/mol. The van der Waals surface area contributed by atoms with E-state index in [1.165, 1.54) is 17.8 Å². The van der Waals surface area contributed by atoms with Crippen LogP contribution in [-0.4, -0.2) is 47.9 Å². The first-order valence-corrected chi connectivity index (χ1v) is 10.7. The smallest absolute Gasteiger partial charge is 0.264 e. The molecule has 1 saturated heterocycles.